The predicted molar refractivity (Wildman–Crippen MR) is 43.1 cm³/mol. The lowest BCUT2D eigenvalue weighted by Gasteiger charge is -2.14. The van der Waals surface area contributed by atoms with Crippen LogP contribution in [0, 0.1) is 6.54 Å². The molecule has 0 spiro atoms. The molecule has 0 aliphatic heterocycles. The van der Waals surface area contributed by atoms with Crippen LogP contribution < -0.4 is 5.73 Å². The molecule has 0 aromatic carbocycles. The predicted octanol–water partition coefficient (Wildman–Crippen LogP) is 0.0183. The number of nitrogens with zero attached hydrogens (tertiary/aromatic N) is 1. The molecular weight excluding hydrogens is 128 g/mol. The Balaban J connectivity index is 0. The topological polar surface area (TPSA) is 43.1 Å². The molecule has 0 fully saturated rings. The van der Waals surface area contributed by atoms with Crippen molar-refractivity contribution < 1.29 is 9.28 Å². The zero-order chi connectivity index (χ0) is 8.62. The van der Waals surface area contributed by atoms with Gasteiger partial charge in [-0.3, -0.25) is 0 Å². The van der Waals surface area contributed by atoms with E-state index in [1.54, 1.807) is 0 Å². The van der Waals surface area contributed by atoms with Gasteiger partial charge in [0, 0.05) is 13.0 Å². The Bertz CT molecular complexity index is 70.2. The minimum Gasteiger partial charge on any atom is -0.333 e. The molecule has 0 saturated heterocycles. The Morgan fingerprint density at radius 2 is 1.60 bits per heavy atom. The van der Waals surface area contributed by atoms with Gasteiger partial charge in [-0.2, -0.15) is 0 Å². The van der Waals surface area contributed by atoms with Gasteiger partial charge >= 0.3 is 0 Å². The molecule has 0 rings (SSSR count). The monoisotopic (exact) mass is 146 g/mol. The summed E-state index contributed by atoms with van der Waals surface area (Å²) in [5.74, 6) is 0. The third-order valence-electron chi connectivity index (χ3n) is 0.232. The Kier molecular flexibility index (Phi) is 8.24. The van der Waals surface area contributed by atoms with E-state index in [2.05, 4.69) is 28.2 Å². The second-order valence-electron chi connectivity index (χ2n) is 3.32. The largest absolute Gasteiger partial charge is 0.333 e. The molecule has 0 saturated carbocycles. The van der Waals surface area contributed by atoms with E-state index in [0.29, 0.717) is 6.42 Å². The number of aldehydes is 1. The molecule has 0 heterocycles. The Hall–Kier alpha value is -0.410. The molecule has 0 amide bonds. The Morgan fingerprint density at radius 3 is 1.60 bits per heavy atom. The summed E-state index contributed by atoms with van der Waals surface area (Å²) in [7, 11) is 8.50. The van der Waals surface area contributed by atoms with Crippen molar-refractivity contribution in [3.05, 3.63) is 6.54 Å². The molecule has 0 aromatic rings. The Labute approximate surface area is 63.4 Å². The van der Waals surface area contributed by atoms with Crippen LogP contribution in [0.1, 0.15) is 6.42 Å². The number of carbonyl (C=O) groups is 1. The summed E-state index contributed by atoms with van der Waals surface area (Å²) in [6, 6.07) is 0. The van der Waals surface area contributed by atoms with Crippen molar-refractivity contribution in [2.24, 2.45) is 5.73 Å². The molecule has 0 aliphatic rings. The molecular formula is C7H18N2O+. The van der Waals surface area contributed by atoms with Gasteiger partial charge in [-0.05, 0) is 0 Å². The van der Waals surface area contributed by atoms with E-state index >= 15 is 0 Å². The van der Waals surface area contributed by atoms with E-state index in [1.165, 1.54) is 6.54 Å². The van der Waals surface area contributed by atoms with Crippen LogP contribution in [0.5, 0.6) is 0 Å². The van der Waals surface area contributed by atoms with Gasteiger partial charge in [0.25, 0.3) is 0 Å². The summed E-state index contributed by atoms with van der Waals surface area (Å²) in [6.07, 6.45) is 1.11. The van der Waals surface area contributed by atoms with Crippen molar-refractivity contribution >= 4 is 6.29 Å². The number of hydrogen-bond acceptors (Lipinski definition) is 2. The number of carbonyl (C=O) groups excluding carboxylic acids is 1. The normalized spacial score (nSPS) is 9.70. The first-order valence-electron chi connectivity index (χ1n) is 3.17. The van der Waals surface area contributed by atoms with Crippen LogP contribution in [0.25, 0.3) is 0 Å². The third kappa shape index (κ3) is 130. The number of quaternary nitrogens is 1. The fourth-order valence-electron chi connectivity index (χ4n) is 0.0556. The molecule has 0 atom stereocenters. The molecule has 0 aromatic heterocycles. The highest BCUT2D eigenvalue weighted by Gasteiger charge is 1.88. The van der Waals surface area contributed by atoms with E-state index in [-0.39, 0.29) is 0 Å². The van der Waals surface area contributed by atoms with Gasteiger partial charge in [0.1, 0.15) is 6.29 Å². The van der Waals surface area contributed by atoms with E-state index in [1.807, 2.05) is 0 Å². The van der Waals surface area contributed by atoms with E-state index in [0.717, 1.165) is 10.8 Å². The van der Waals surface area contributed by atoms with Gasteiger partial charge in [-0.1, -0.05) is 0 Å². The average molecular weight is 146 g/mol. The fraction of sp³-hybridized carbons (Fsp3) is 0.714. The standard InChI is InChI=1S/C4H12N.C3H6NO/c1-5(2,3)4;4-2-1-3-5/h1-4H3;2-3H,1,4H2/q+1;. The lowest BCUT2D eigenvalue weighted by molar-refractivity contribution is -0.849. The second-order valence-corrected chi connectivity index (χ2v) is 3.32. The first kappa shape index (κ1) is 12.3. The van der Waals surface area contributed by atoms with Crippen LogP contribution in [0.2, 0.25) is 0 Å². The van der Waals surface area contributed by atoms with E-state index in [9.17, 15) is 4.79 Å². The molecule has 1 radical (unpaired) electrons. The molecule has 61 valence electrons. The van der Waals surface area contributed by atoms with Gasteiger partial charge in [-0.15, -0.1) is 0 Å². The summed E-state index contributed by atoms with van der Waals surface area (Å²) >= 11 is 0. The molecule has 3 nitrogen and oxygen atoms in total. The first-order valence-corrected chi connectivity index (χ1v) is 3.17. The molecule has 2 N–H and O–H groups in total. The molecule has 0 aliphatic carbocycles. The van der Waals surface area contributed by atoms with Crippen molar-refractivity contribution in [1.29, 1.82) is 0 Å². The second kappa shape index (κ2) is 6.71. The molecule has 10 heavy (non-hydrogen) atoms. The number of hydrogen-bond donors (Lipinski definition) is 1. The maximum atomic E-state index is 9.29. The zero-order valence-electron chi connectivity index (χ0n) is 7.29. The van der Waals surface area contributed by atoms with Gasteiger partial charge in [0.2, 0.25) is 0 Å². The van der Waals surface area contributed by atoms with E-state index in [4.69, 9.17) is 5.73 Å². The third-order valence-corrected chi connectivity index (χ3v) is 0.232. The lowest BCUT2D eigenvalue weighted by atomic mass is 10.5. The summed E-state index contributed by atoms with van der Waals surface area (Å²) in [4.78, 5) is 9.29. The van der Waals surface area contributed by atoms with Crippen molar-refractivity contribution in [2.75, 3.05) is 28.2 Å². The molecule has 0 unspecified atom stereocenters. The molecule has 0 bridgehead atoms. The zero-order valence-corrected chi connectivity index (χ0v) is 7.29. The van der Waals surface area contributed by atoms with Crippen molar-refractivity contribution in [1.82, 2.24) is 0 Å². The first-order chi connectivity index (χ1) is 4.41. The van der Waals surface area contributed by atoms with Crippen molar-refractivity contribution in [2.45, 2.75) is 6.42 Å². The minimum atomic E-state index is 0.361. The van der Waals surface area contributed by atoms with E-state index < -0.39 is 0 Å². The number of nitrogens with two attached hydrogens (primary N) is 1. The minimum absolute atomic E-state index is 0.361. The highest BCUT2D eigenvalue weighted by atomic mass is 16.1. The van der Waals surface area contributed by atoms with Crippen LogP contribution in [0.3, 0.4) is 0 Å². The summed E-state index contributed by atoms with van der Waals surface area (Å²) in [5.41, 5.74) is 4.78. The highest BCUT2D eigenvalue weighted by molar-refractivity contribution is 5.50. The highest BCUT2D eigenvalue weighted by Crippen LogP contribution is 1.73. The lowest BCUT2D eigenvalue weighted by Crippen LogP contribution is -2.27. The van der Waals surface area contributed by atoms with Gasteiger partial charge < -0.3 is 15.0 Å². The van der Waals surface area contributed by atoms with Crippen LogP contribution in [-0.2, 0) is 4.79 Å². The van der Waals surface area contributed by atoms with Crippen molar-refractivity contribution in [3.8, 4) is 0 Å². The van der Waals surface area contributed by atoms with Gasteiger partial charge in [0.05, 0.1) is 28.2 Å². The summed E-state index contributed by atoms with van der Waals surface area (Å²) in [6.45, 7) is 1.31. The van der Waals surface area contributed by atoms with Crippen LogP contribution in [0.15, 0.2) is 0 Å². The number of rotatable bonds is 2. The van der Waals surface area contributed by atoms with Gasteiger partial charge in [-0.25, -0.2) is 0 Å². The maximum absolute atomic E-state index is 9.29. The van der Waals surface area contributed by atoms with Crippen molar-refractivity contribution in [3.63, 3.8) is 0 Å². The van der Waals surface area contributed by atoms with Gasteiger partial charge in [0.15, 0.2) is 0 Å². The van der Waals surface area contributed by atoms with Crippen LogP contribution in [0.4, 0.5) is 0 Å². The van der Waals surface area contributed by atoms with Crippen LogP contribution in [-0.4, -0.2) is 39.0 Å². The summed E-state index contributed by atoms with van der Waals surface area (Å²) < 4.78 is 1.00. The maximum Gasteiger partial charge on any atom is 0.121 e. The molecule has 3 heteroatoms. The smallest absolute Gasteiger partial charge is 0.121 e. The quantitative estimate of drug-likeness (QED) is 0.441. The average Bonchev–Trinajstić information content (AvgIpc) is 1.63. The SMILES string of the molecule is C[N+](C)(C)C.N[CH]CC=O. The Morgan fingerprint density at radius 1 is 1.30 bits per heavy atom. The van der Waals surface area contributed by atoms with Crippen LogP contribution >= 0.6 is 0 Å². The fourth-order valence-corrected chi connectivity index (χ4v) is 0.0556. The summed E-state index contributed by atoms with van der Waals surface area (Å²) in [5, 5.41) is 0.